The summed E-state index contributed by atoms with van der Waals surface area (Å²) in [5.74, 6) is 0.304. The van der Waals surface area contributed by atoms with Gasteiger partial charge in [0.2, 0.25) is 0 Å². The van der Waals surface area contributed by atoms with Crippen LogP contribution in [0.15, 0.2) is 47.3 Å². The van der Waals surface area contributed by atoms with Crippen molar-refractivity contribution in [3.05, 3.63) is 54.0 Å². The van der Waals surface area contributed by atoms with Crippen molar-refractivity contribution in [2.45, 2.75) is 25.9 Å². The second kappa shape index (κ2) is 5.55. The monoisotopic (exact) mass is 231 g/mol. The molecule has 0 radical (unpaired) electrons. The number of aromatic hydroxyl groups is 1. The highest BCUT2D eigenvalue weighted by Gasteiger charge is 2.08. The van der Waals surface area contributed by atoms with Gasteiger partial charge in [-0.05, 0) is 30.2 Å². The zero-order valence-corrected chi connectivity index (χ0v) is 9.89. The van der Waals surface area contributed by atoms with E-state index in [0.29, 0.717) is 11.8 Å². The molecule has 1 aromatic carbocycles. The summed E-state index contributed by atoms with van der Waals surface area (Å²) >= 11 is 0. The van der Waals surface area contributed by atoms with E-state index in [-0.39, 0.29) is 0 Å². The molecule has 1 atom stereocenters. The molecule has 17 heavy (non-hydrogen) atoms. The van der Waals surface area contributed by atoms with Crippen molar-refractivity contribution < 1.29 is 9.52 Å². The zero-order valence-electron chi connectivity index (χ0n) is 9.89. The molecule has 1 heterocycles. The maximum Gasteiger partial charge on any atom is 0.115 e. The first kappa shape index (κ1) is 11.7. The van der Waals surface area contributed by atoms with Crippen LogP contribution in [0.1, 0.15) is 30.5 Å². The summed E-state index contributed by atoms with van der Waals surface area (Å²) in [6.07, 6.45) is 4.43. The third-order valence-electron chi connectivity index (χ3n) is 2.84. The summed E-state index contributed by atoms with van der Waals surface area (Å²) < 4.78 is 5.03. The van der Waals surface area contributed by atoms with Gasteiger partial charge in [-0.25, -0.2) is 0 Å². The largest absolute Gasteiger partial charge is 0.508 e. The van der Waals surface area contributed by atoms with Crippen molar-refractivity contribution in [1.29, 1.82) is 0 Å². The topological polar surface area (TPSA) is 45.4 Å². The molecule has 90 valence electrons. The van der Waals surface area contributed by atoms with Gasteiger partial charge >= 0.3 is 0 Å². The lowest BCUT2D eigenvalue weighted by Crippen LogP contribution is -2.19. The fourth-order valence-electron chi connectivity index (χ4n) is 1.84. The van der Waals surface area contributed by atoms with Crippen molar-refractivity contribution in [2.24, 2.45) is 0 Å². The molecule has 0 bridgehead atoms. The Kier molecular flexibility index (Phi) is 3.83. The van der Waals surface area contributed by atoms with E-state index in [1.165, 1.54) is 5.56 Å². The molecule has 0 aliphatic heterocycles. The summed E-state index contributed by atoms with van der Waals surface area (Å²) in [6, 6.07) is 9.59. The number of phenolic OH excluding ortho intramolecular Hbond substituents is 1. The fraction of sp³-hybridized carbons (Fsp3) is 0.286. The van der Waals surface area contributed by atoms with Crippen LogP contribution in [0.2, 0.25) is 0 Å². The lowest BCUT2D eigenvalue weighted by molar-refractivity contribution is 0.473. The Bertz CT molecular complexity index is 434. The summed E-state index contributed by atoms with van der Waals surface area (Å²) in [7, 11) is 0. The van der Waals surface area contributed by atoms with Crippen LogP contribution in [-0.4, -0.2) is 5.11 Å². The SMILES string of the molecule is CCC(NCc1ccoc1)c1ccc(O)cc1. The molecule has 0 fully saturated rings. The lowest BCUT2D eigenvalue weighted by atomic mass is 10.0. The van der Waals surface area contributed by atoms with Crippen molar-refractivity contribution in [2.75, 3.05) is 0 Å². The number of hydrogen-bond donors (Lipinski definition) is 2. The lowest BCUT2D eigenvalue weighted by Gasteiger charge is -2.17. The van der Waals surface area contributed by atoms with E-state index in [1.807, 2.05) is 18.2 Å². The van der Waals surface area contributed by atoms with Gasteiger partial charge in [-0.1, -0.05) is 19.1 Å². The molecule has 3 heteroatoms. The van der Waals surface area contributed by atoms with Crippen LogP contribution in [0, 0.1) is 0 Å². The highest BCUT2D eigenvalue weighted by atomic mass is 16.3. The number of hydrogen-bond acceptors (Lipinski definition) is 3. The Balaban J connectivity index is 1.99. The van der Waals surface area contributed by atoms with Crippen LogP contribution >= 0.6 is 0 Å². The standard InChI is InChI=1S/C14H17NO2/c1-2-14(12-3-5-13(16)6-4-12)15-9-11-7-8-17-10-11/h3-8,10,14-16H,2,9H2,1H3. The molecule has 1 aromatic heterocycles. The minimum Gasteiger partial charge on any atom is -0.508 e. The molecule has 3 nitrogen and oxygen atoms in total. The van der Waals surface area contributed by atoms with Crippen molar-refractivity contribution in [3.8, 4) is 5.75 Å². The van der Waals surface area contributed by atoms with Gasteiger partial charge < -0.3 is 14.8 Å². The highest BCUT2D eigenvalue weighted by molar-refractivity contribution is 5.28. The van der Waals surface area contributed by atoms with Crippen LogP contribution in [-0.2, 0) is 6.54 Å². The van der Waals surface area contributed by atoms with Crippen LogP contribution in [0.25, 0.3) is 0 Å². The molecule has 0 spiro atoms. The zero-order chi connectivity index (χ0) is 12.1. The number of phenols is 1. The van der Waals surface area contributed by atoms with E-state index in [9.17, 15) is 5.11 Å². The Morgan fingerprint density at radius 1 is 1.24 bits per heavy atom. The minimum atomic E-state index is 0.297. The van der Waals surface area contributed by atoms with Gasteiger partial charge in [0.25, 0.3) is 0 Å². The number of furan rings is 1. The molecule has 0 aliphatic carbocycles. The summed E-state index contributed by atoms with van der Waals surface area (Å²) in [5.41, 5.74) is 2.33. The van der Waals surface area contributed by atoms with E-state index < -0.39 is 0 Å². The molecule has 0 saturated heterocycles. The quantitative estimate of drug-likeness (QED) is 0.830. The predicted molar refractivity (Wildman–Crippen MR) is 66.7 cm³/mol. The Morgan fingerprint density at radius 2 is 2.00 bits per heavy atom. The maximum absolute atomic E-state index is 9.26. The first-order chi connectivity index (χ1) is 8.29. The van der Waals surface area contributed by atoms with Crippen LogP contribution in [0.3, 0.4) is 0 Å². The average Bonchev–Trinajstić information content (AvgIpc) is 2.85. The molecule has 0 aliphatic rings. The molecule has 1 unspecified atom stereocenters. The van der Waals surface area contributed by atoms with Crippen molar-refractivity contribution >= 4 is 0 Å². The van der Waals surface area contributed by atoms with Gasteiger partial charge in [0.15, 0.2) is 0 Å². The van der Waals surface area contributed by atoms with E-state index >= 15 is 0 Å². The molecular formula is C14H17NO2. The van der Waals surface area contributed by atoms with Gasteiger partial charge in [-0.15, -0.1) is 0 Å². The molecular weight excluding hydrogens is 214 g/mol. The highest BCUT2D eigenvalue weighted by Crippen LogP contribution is 2.19. The molecule has 0 amide bonds. The number of rotatable bonds is 5. The van der Waals surface area contributed by atoms with Crippen molar-refractivity contribution in [1.82, 2.24) is 5.32 Å². The van der Waals surface area contributed by atoms with E-state index in [2.05, 4.69) is 12.2 Å². The van der Waals surface area contributed by atoms with Crippen LogP contribution in [0.4, 0.5) is 0 Å². The van der Waals surface area contributed by atoms with Gasteiger partial charge in [0, 0.05) is 18.2 Å². The average molecular weight is 231 g/mol. The van der Waals surface area contributed by atoms with Gasteiger partial charge in [0.05, 0.1) is 12.5 Å². The second-order valence-corrected chi connectivity index (χ2v) is 4.06. The smallest absolute Gasteiger partial charge is 0.115 e. The van der Waals surface area contributed by atoms with E-state index in [0.717, 1.165) is 18.5 Å². The summed E-state index contributed by atoms with van der Waals surface area (Å²) in [6.45, 7) is 2.93. The van der Waals surface area contributed by atoms with E-state index in [1.54, 1.807) is 24.7 Å². The maximum atomic E-state index is 9.26. The molecule has 0 saturated carbocycles. The molecule has 2 rings (SSSR count). The fourth-order valence-corrected chi connectivity index (χ4v) is 1.84. The van der Waals surface area contributed by atoms with E-state index in [4.69, 9.17) is 4.42 Å². The second-order valence-electron chi connectivity index (χ2n) is 4.06. The van der Waals surface area contributed by atoms with Gasteiger partial charge in [0.1, 0.15) is 5.75 Å². The normalized spacial score (nSPS) is 12.5. The summed E-state index contributed by atoms with van der Waals surface area (Å²) in [5, 5.41) is 12.7. The predicted octanol–water partition coefficient (Wildman–Crippen LogP) is 3.23. The van der Waals surface area contributed by atoms with Crippen molar-refractivity contribution in [3.63, 3.8) is 0 Å². The third-order valence-corrected chi connectivity index (χ3v) is 2.84. The minimum absolute atomic E-state index is 0.297. The third kappa shape index (κ3) is 3.11. The number of nitrogens with one attached hydrogen (secondary N) is 1. The Morgan fingerprint density at radius 3 is 2.59 bits per heavy atom. The Hall–Kier alpha value is -1.74. The van der Waals surface area contributed by atoms with Crippen LogP contribution in [0.5, 0.6) is 5.75 Å². The first-order valence-corrected chi connectivity index (χ1v) is 5.83. The Labute approximate surface area is 101 Å². The van der Waals surface area contributed by atoms with Gasteiger partial charge in [-0.2, -0.15) is 0 Å². The number of benzene rings is 1. The molecule has 2 aromatic rings. The first-order valence-electron chi connectivity index (χ1n) is 5.83. The van der Waals surface area contributed by atoms with Crippen LogP contribution < -0.4 is 5.32 Å². The summed E-state index contributed by atoms with van der Waals surface area (Å²) in [4.78, 5) is 0. The molecule has 2 N–H and O–H groups in total. The van der Waals surface area contributed by atoms with Gasteiger partial charge in [-0.3, -0.25) is 0 Å².